The van der Waals surface area contributed by atoms with Crippen LogP contribution in [0.25, 0.3) is 0 Å². The number of fused-ring (bicyclic) bond motifs is 3. The molecule has 3 aliphatic rings. The fourth-order valence-electron chi connectivity index (χ4n) is 5.44. The second-order valence-corrected chi connectivity index (χ2v) is 9.10. The van der Waals surface area contributed by atoms with Crippen LogP contribution < -0.4 is 15.1 Å². The predicted octanol–water partition coefficient (Wildman–Crippen LogP) is 2.63. The standard InChI is InChI=1S/C25H27N5O4/c26-14-17-4-1-2-6-22(17)28-9-10-29-23-8-7-19(30(32)33)12-18(23)13-21(24(29)16-28)25(31)27-15-20-5-3-11-34-20/h1-2,4,6-8,12,20-21,24H,3,5,9-11,13,15-16H2,(H,27,31)/t20-,21-,24+/m0/s1. The van der Waals surface area contributed by atoms with Crippen molar-refractivity contribution in [2.24, 2.45) is 5.92 Å². The molecule has 3 heterocycles. The highest BCUT2D eigenvalue weighted by atomic mass is 16.6. The number of carbonyl (C=O) groups is 1. The van der Waals surface area contributed by atoms with E-state index in [1.807, 2.05) is 24.3 Å². The zero-order chi connectivity index (χ0) is 23.7. The molecule has 2 saturated heterocycles. The monoisotopic (exact) mass is 461 g/mol. The van der Waals surface area contributed by atoms with E-state index in [0.29, 0.717) is 38.2 Å². The molecule has 0 bridgehead atoms. The SMILES string of the molecule is N#Cc1ccccc1N1CCN2c3ccc([N+](=O)[O-])cc3C[C@H](C(=O)NC[C@@H]3CCCO3)[C@H]2C1. The van der Waals surface area contributed by atoms with Gasteiger partial charge in [-0.2, -0.15) is 5.26 Å². The third-order valence-corrected chi connectivity index (χ3v) is 7.14. The van der Waals surface area contributed by atoms with Gasteiger partial charge in [-0.15, -0.1) is 0 Å². The van der Waals surface area contributed by atoms with Crippen molar-refractivity contribution in [1.82, 2.24) is 5.32 Å². The summed E-state index contributed by atoms with van der Waals surface area (Å²) in [4.78, 5) is 28.8. The van der Waals surface area contributed by atoms with Crippen LogP contribution in [0.4, 0.5) is 17.1 Å². The summed E-state index contributed by atoms with van der Waals surface area (Å²) in [6.07, 6.45) is 2.42. The van der Waals surface area contributed by atoms with Gasteiger partial charge in [-0.05, 0) is 43.0 Å². The minimum absolute atomic E-state index is 0.0392. The molecule has 176 valence electrons. The molecule has 0 saturated carbocycles. The van der Waals surface area contributed by atoms with Crippen molar-refractivity contribution in [1.29, 1.82) is 5.26 Å². The summed E-state index contributed by atoms with van der Waals surface area (Å²) in [6, 6.07) is 14.6. The highest BCUT2D eigenvalue weighted by molar-refractivity contribution is 5.82. The first-order chi connectivity index (χ1) is 16.5. The second-order valence-electron chi connectivity index (χ2n) is 9.10. The first-order valence-corrected chi connectivity index (χ1v) is 11.7. The quantitative estimate of drug-likeness (QED) is 0.538. The maximum Gasteiger partial charge on any atom is 0.269 e. The molecule has 0 aromatic heterocycles. The Morgan fingerprint density at radius 2 is 2.09 bits per heavy atom. The van der Waals surface area contributed by atoms with Crippen LogP contribution in [0.15, 0.2) is 42.5 Å². The summed E-state index contributed by atoms with van der Waals surface area (Å²) in [5, 5.41) is 24.0. The lowest BCUT2D eigenvalue weighted by Crippen LogP contribution is -2.61. The van der Waals surface area contributed by atoms with Crippen molar-refractivity contribution < 1.29 is 14.5 Å². The van der Waals surface area contributed by atoms with E-state index >= 15 is 0 Å². The third kappa shape index (κ3) is 4.17. The average Bonchev–Trinajstić information content (AvgIpc) is 3.39. The van der Waals surface area contributed by atoms with E-state index in [9.17, 15) is 20.2 Å². The van der Waals surface area contributed by atoms with Crippen LogP contribution in [0.1, 0.15) is 24.0 Å². The second kappa shape index (κ2) is 9.31. The Hall–Kier alpha value is -3.64. The highest BCUT2D eigenvalue weighted by Gasteiger charge is 2.42. The number of nitro groups is 1. The molecule has 0 radical (unpaired) electrons. The Labute approximate surface area is 198 Å². The van der Waals surface area contributed by atoms with E-state index in [1.165, 1.54) is 6.07 Å². The van der Waals surface area contributed by atoms with E-state index < -0.39 is 4.92 Å². The largest absolute Gasteiger partial charge is 0.376 e. The molecule has 3 aliphatic heterocycles. The molecule has 9 heteroatoms. The number of rotatable bonds is 5. The van der Waals surface area contributed by atoms with E-state index in [4.69, 9.17) is 4.74 Å². The molecule has 5 rings (SSSR count). The lowest BCUT2D eigenvalue weighted by Gasteiger charge is -2.49. The van der Waals surface area contributed by atoms with Crippen molar-refractivity contribution >= 4 is 23.0 Å². The van der Waals surface area contributed by atoms with Crippen LogP contribution >= 0.6 is 0 Å². The van der Waals surface area contributed by atoms with Gasteiger partial charge < -0.3 is 19.9 Å². The number of nitro benzene ring substituents is 1. The number of benzene rings is 2. The van der Waals surface area contributed by atoms with E-state index in [1.54, 1.807) is 12.1 Å². The van der Waals surface area contributed by atoms with Crippen molar-refractivity contribution in [2.45, 2.75) is 31.4 Å². The number of ether oxygens (including phenoxy) is 1. The fourth-order valence-corrected chi connectivity index (χ4v) is 5.44. The summed E-state index contributed by atoms with van der Waals surface area (Å²) < 4.78 is 5.66. The average molecular weight is 462 g/mol. The Morgan fingerprint density at radius 3 is 2.85 bits per heavy atom. The molecule has 0 unspecified atom stereocenters. The molecule has 1 N–H and O–H groups in total. The maximum atomic E-state index is 13.4. The van der Waals surface area contributed by atoms with Gasteiger partial charge in [0, 0.05) is 50.6 Å². The van der Waals surface area contributed by atoms with Crippen LogP contribution in [-0.2, 0) is 16.0 Å². The smallest absolute Gasteiger partial charge is 0.269 e. The van der Waals surface area contributed by atoms with Gasteiger partial charge in [-0.3, -0.25) is 14.9 Å². The summed E-state index contributed by atoms with van der Waals surface area (Å²) in [5.74, 6) is -0.425. The number of amides is 1. The number of nitrogens with zero attached hydrogens (tertiary/aromatic N) is 4. The molecule has 3 atom stereocenters. The Balaban J connectivity index is 1.44. The molecule has 9 nitrogen and oxygen atoms in total. The first-order valence-electron chi connectivity index (χ1n) is 11.7. The van der Waals surface area contributed by atoms with Crippen LogP contribution in [0.5, 0.6) is 0 Å². The molecular weight excluding hydrogens is 434 g/mol. The predicted molar refractivity (Wildman–Crippen MR) is 127 cm³/mol. The number of non-ortho nitro benzene ring substituents is 1. The Morgan fingerprint density at radius 1 is 1.24 bits per heavy atom. The Kier molecular flexibility index (Phi) is 6.07. The van der Waals surface area contributed by atoms with Gasteiger partial charge in [-0.1, -0.05) is 12.1 Å². The molecule has 2 aromatic carbocycles. The number of piperazine rings is 1. The fraction of sp³-hybridized carbons (Fsp3) is 0.440. The number of anilines is 2. The van der Waals surface area contributed by atoms with Gasteiger partial charge in [0.05, 0.1) is 34.2 Å². The minimum Gasteiger partial charge on any atom is -0.376 e. The van der Waals surface area contributed by atoms with E-state index in [2.05, 4.69) is 21.2 Å². The zero-order valence-corrected chi connectivity index (χ0v) is 18.9. The van der Waals surface area contributed by atoms with Gasteiger partial charge >= 0.3 is 0 Å². The number of para-hydroxylation sites is 1. The summed E-state index contributed by atoms with van der Waals surface area (Å²) in [7, 11) is 0. The van der Waals surface area contributed by atoms with E-state index in [0.717, 1.165) is 36.4 Å². The number of hydrogen-bond donors (Lipinski definition) is 1. The number of hydrogen-bond acceptors (Lipinski definition) is 7. The first kappa shape index (κ1) is 22.2. The van der Waals surface area contributed by atoms with Crippen LogP contribution in [-0.4, -0.2) is 55.8 Å². The van der Waals surface area contributed by atoms with Gasteiger partial charge in [-0.25, -0.2) is 0 Å². The number of nitrogens with one attached hydrogen (secondary N) is 1. The summed E-state index contributed by atoms with van der Waals surface area (Å²) in [5.41, 5.74) is 3.30. The zero-order valence-electron chi connectivity index (χ0n) is 18.9. The topological polar surface area (TPSA) is 112 Å². The van der Waals surface area contributed by atoms with Crippen molar-refractivity contribution in [3.05, 3.63) is 63.7 Å². The third-order valence-electron chi connectivity index (χ3n) is 7.14. The highest BCUT2D eigenvalue weighted by Crippen LogP contribution is 2.39. The molecule has 34 heavy (non-hydrogen) atoms. The summed E-state index contributed by atoms with van der Waals surface area (Å²) >= 11 is 0. The van der Waals surface area contributed by atoms with E-state index in [-0.39, 0.29) is 29.7 Å². The van der Waals surface area contributed by atoms with Crippen LogP contribution in [0.3, 0.4) is 0 Å². The lowest BCUT2D eigenvalue weighted by molar-refractivity contribution is -0.384. The lowest BCUT2D eigenvalue weighted by atomic mass is 9.83. The number of carbonyl (C=O) groups excluding carboxylic acids is 1. The molecule has 0 spiro atoms. The van der Waals surface area contributed by atoms with Crippen LogP contribution in [0.2, 0.25) is 0 Å². The molecular formula is C25H27N5O4. The van der Waals surface area contributed by atoms with Crippen molar-refractivity contribution in [2.75, 3.05) is 42.6 Å². The molecule has 2 fully saturated rings. The number of nitriles is 1. The molecule has 2 aromatic rings. The van der Waals surface area contributed by atoms with Crippen LogP contribution in [0, 0.1) is 27.4 Å². The minimum atomic E-state index is -0.393. The normalized spacial score (nSPS) is 23.6. The van der Waals surface area contributed by atoms with Gasteiger partial charge in [0.25, 0.3) is 5.69 Å². The van der Waals surface area contributed by atoms with Crippen molar-refractivity contribution in [3.63, 3.8) is 0 Å². The van der Waals surface area contributed by atoms with Gasteiger partial charge in [0.15, 0.2) is 0 Å². The summed E-state index contributed by atoms with van der Waals surface area (Å²) in [6.45, 7) is 3.14. The van der Waals surface area contributed by atoms with Gasteiger partial charge in [0.1, 0.15) is 6.07 Å². The molecule has 1 amide bonds. The van der Waals surface area contributed by atoms with Gasteiger partial charge in [0.2, 0.25) is 5.91 Å². The van der Waals surface area contributed by atoms with Crippen molar-refractivity contribution in [3.8, 4) is 6.07 Å². The molecule has 0 aliphatic carbocycles. The Bertz CT molecular complexity index is 1140. The maximum absolute atomic E-state index is 13.4.